The summed E-state index contributed by atoms with van der Waals surface area (Å²) in [6, 6.07) is 13.3. The SMILES string of the molecule is O=C(CC1CCNCC1)Nc1cncc(-c2ccc3[nH]nc(-c4cc5c(-c6cc(O)cc(F)c6)ccnc5[nH]4)c3n2)c1. The number of nitrogens with one attached hydrogen (secondary N) is 4. The minimum atomic E-state index is -0.527. The number of phenols is 1. The van der Waals surface area contributed by atoms with E-state index in [9.17, 15) is 14.3 Å². The maximum atomic E-state index is 14.0. The molecule has 1 saturated heterocycles. The number of carbonyl (C=O) groups is 1. The van der Waals surface area contributed by atoms with Crippen LogP contribution in [0.1, 0.15) is 19.3 Å². The molecule has 1 aromatic carbocycles. The molecule has 10 nitrogen and oxygen atoms in total. The molecule has 0 unspecified atom stereocenters. The average Bonchev–Trinajstić information content (AvgIpc) is 3.61. The number of nitrogens with zero attached hydrogens (tertiary/aromatic N) is 4. The third kappa shape index (κ3) is 5.06. The molecule has 0 saturated carbocycles. The minimum Gasteiger partial charge on any atom is -0.508 e. The van der Waals surface area contributed by atoms with Crippen LogP contribution in [0.2, 0.25) is 0 Å². The second-order valence-corrected chi connectivity index (χ2v) is 10.6. The molecule has 210 valence electrons. The Labute approximate surface area is 239 Å². The van der Waals surface area contributed by atoms with Crippen LogP contribution in [0.5, 0.6) is 5.75 Å². The quantitative estimate of drug-likeness (QED) is 0.183. The van der Waals surface area contributed by atoms with Crippen molar-refractivity contribution in [3.05, 3.63) is 72.9 Å². The lowest BCUT2D eigenvalue weighted by Gasteiger charge is -2.21. The molecule has 1 aliphatic rings. The number of H-pyrrole nitrogens is 2. The highest BCUT2D eigenvalue weighted by molar-refractivity contribution is 5.99. The minimum absolute atomic E-state index is 0.0124. The number of hydrogen-bond donors (Lipinski definition) is 5. The molecule has 1 amide bonds. The number of rotatable bonds is 6. The maximum absolute atomic E-state index is 14.0. The van der Waals surface area contributed by atoms with E-state index in [1.54, 1.807) is 24.7 Å². The van der Waals surface area contributed by atoms with Crippen LogP contribution in [0.25, 0.3) is 55.8 Å². The molecule has 1 fully saturated rings. The monoisotopic (exact) mass is 562 g/mol. The van der Waals surface area contributed by atoms with Gasteiger partial charge in [-0.2, -0.15) is 5.10 Å². The van der Waals surface area contributed by atoms with E-state index in [2.05, 4.69) is 35.8 Å². The van der Waals surface area contributed by atoms with Gasteiger partial charge in [0.05, 0.1) is 28.8 Å². The molecule has 0 radical (unpaired) electrons. The van der Waals surface area contributed by atoms with Crippen LogP contribution in [0.4, 0.5) is 10.1 Å². The summed E-state index contributed by atoms with van der Waals surface area (Å²) in [6.45, 7) is 1.90. The van der Waals surface area contributed by atoms with Gasteiger partial charge in [-0.1, -0.05) is 0 Å². The largest absolute Gasteiger partial charge is 0.508 e. The smallest absolute Gasteiger partial charge is 0.224 e. The van der Waals surface area contributed by atoms with Gasteiger partial charge in [0.2, 0.25) is 5.91 Å². The van der Waals surface area contributed by atoms with Crippen LogP contribution in [0.15, 0.2) is 67.1 Å². The van der Waals surface area contributed by atoms with Crippen molar-refractivity contribution in [2.75, 3.05) is 18.4 Å². The van der Waals surface area contributed by atoms with Crippen molar-refractivity contribution in [2.45, 2.75) is 19.3 Å². The van der Waals surface area contributed by atoms with Gasteiger partial charge >= 0.3 is 0 Å². The summed E-state index contributed by atoms with van der Waals surface area (Å²) >= 11 is 0. The second-order valence-electron chi connectivity index (χ2n) is 10.6. The fourth-order valence-corrected chi connectivity index (χ4v) is 5.59. The van der Waals surface area contributed by atoms with Crippen LogP contribution in [0.3, 0.4) is 0 Å². The van der Waals surface area contributed by atoms with Crippen LogP contribution in [0, 0.1) is 11.7 Å². The van der Waals surface area contributed by atoms with Crippen molar-refractivity contribution in [2.24, 2.45) is 5.92 Å². The van der Waals surface area contributed by atoms with Crippen LogP contribution in [-0.2, 0) is 4.79 Å². The van der Waals surface area contributed by atoms with Gasteiger partial charge in [0.15, 0.2) is 0 Å². The number of phenolic OH excluding ortho intramolecular Hbond substituents is 1. The standard InChI is InChI=1S/C31H27FN8O2/c32-20-10-18(12-22(41)13-20)23-5-8-35-31-24(23)14-27(38-31)30-29-26(39-40-30)2-1-25(37-29)19-11-21(16-34-15-19)36-28(42)9-17-3-6-33-7-4-17/h1-2,5,8,10-17,33,41H,3-4,6-7,9H2,(H,35,38)(H,36,42)(H,39,40). The Morgan fingerprint density at radius 3 is 2.79 bits per heavy atom. The van der Waals surface area contributed by atoms with Crippen molar-refractivity contribution in [1.29, 1.82) is 0 Å². The predicted molar refractivity (Wildman–Crippen MR) is 158 cm³/mol. The number of pyridine rings is 3. The third-order valence-electron chi connectivity index (χ3n) is 7.64. The van der Waals surface area contributed by atoms with E-state index in [0.29, 0.717) is 51.8 Å². The summed E-state index contributed by atoms with van der Waals surface area (Å²) in [5.74, 6) is -0.300. The number of aromatic hydroxyl groups is 1. The van der Waals surface area contributed by atoms with Gasteiger partial charge in [0.1, 0.15) is 28.4 Å². The van der Waals surface area contributed by atoms with Crippen molar-refractivity contribution in [3.63, 3.8) is 0 Å². The number of carbonyl (C=O) groups excluding carboxylic acids is 1. The Morgan fingerprint density at radius 1 is 1.05 bits per heavy atom. The highest BCUT2D eigenvalue weighted by Crippen LogP contribution is 2.35. The van der Waals surface area contributed by atoms with E-state index < -0.39 is 5.82 Å². The molecule has 7 rings (SSSR count). The first kappa shape index (κ1) is 25.8. The average molecular weight is 563 g/mol. The van der Waals surface area contributed by atoms with Crippen molar-refractivity contribution in [3.8, 4) is 39.5 Å². The number of aromatic amines is 2. The lowest BCUT2D eigenvalue weighted by atomic mass is 9.94. The van der Waals surface area contributed by atoms with Crippen LogP contribution < -0.4 is 10.6 Å². The summed E-state index contributed by atoms with van der Waals surface area (Å²) in [4.78, 5) is 29.6. The maximum Gasteiger partial charge on any atom is 0.224 e. The predicted octanol–water partition coefficient (Wildman–Crippen LogP) is 5.40. The Bertz CT molecular complexity index is 1920. The molecule has 1 aliphatic heterocycles. The van der Waals surface area contributed by atoms with Gasteiger partial charge in [-0.15, -0.1) is 0 Å². The van der Waals surface area contributed by atoms with Gasteiger partial charge in [0.25, 0.3) is 0 Å². The number of hydrogen-bond acceptors (Lipinski definition) is 7. The van der Waals surface area contributed by atoms with E-state index in [4.69, 9.17) is 4.98 Å². The van der Waals surface area contributed by atoms with Crippen LogP contribution >= 0.6 is 0 Å². The summed E-state index contributed by atoms with van der Waals surface area (Å²) in [5.41, 5.74) is 6.57. The number of fused-ring (bicyclic) bond motifs is 2. The molecule has 11 heteroatoms. The van der Waals surface area contributed by atoms with E-state index >= 15 is 0 Å². The molecule has 5 N–H and O–H groups in total. The van der Waals surface area contributed by atoms with Gasteiger partial charge in [-0.25, -0.2) is 14.4 Å². The van der Waals surface area contributed by atoms with Gasteiger partial charge in [-0.05, 0) is 85.4 Å². The zero-order chi connectivity index (χ0) is 28.6. The fraction of sp³-hybridized carbons (Fsp3) is 0.194. The van der Waals surface area contributed by atoms with Gasteiger partial charge in [-0.3, -0.25) is 14.9 Å². The molecule has 42 heavy (non-hydrogen) atoms. The Balaban J connectivity index is 1.20. The molecule has 6 aromatic rings. The van der Waals surface area contributed by atoms with E-state index in [1.807, 2.05) is 24.3 Å². The summed E-state index contributed by atoms with van der Waals surface area (Å²) < 4.78 is 14.0. The number of amides is 1. The molecule has 5 aromatic heterocycles. The third-order valence-corrected chi connectivity index (χ3v) is 7.64. The Morgan fingerprint density at radius 2 is 1.93 bits per heavy atom. The number of benzene rings is 1. The summed E-state index contributed by atoms with van der Waals surface area (Å²) in [7, 11) is 0. The first-order valence-corrected chi connectivity index (χ1v) is 13.8. The van der Waals surface area contributed by atoms with E-state index in [-0.39, 0.29) is 11.7 Å². The molecule has 0 bridgehead atoms. The lowest BCUT2D eigenvalue weighted by molar-refractivity contribution is -0.117. The van der Waals surface area contributed by atoms with E-state index in [1.165, 1.54) is 12.1 Å². The summed E-state index contributed by atoms with van der Waals surface area (Å²) in [5, 5.41) is 24.6. The van der Waals surface area contributed by atoms with Gasteiger partial charge < -0.3 is 20.7 Å². The van der Waals surface area contributed by atoms with Crippen molar-refractivity contribution >= 4 is 33.7 Å². The zero-order valence-corrected chi connectivity index (χ0v) is 22.5. The number of aromatic nitrogens is 6. The zero-order valence-electron chi connectivity index (χ0n) is 22.5. The molecule has 6 heterocycles. The molecule has 0 atom stereocenters. The van der Waals surface area contributed by atoms with E-state index in [0.717, 1.165) is 54.0 Å². The second kappa shape index (κ2) is 10.7. The topological polar surface area (TPSA) is 144 Å². The normalized spacial score (nSPS) is 14.0. The molecule has 0 aliphatic carbocycles. The van der Waals surface area contributed by atoms with Gasteiger partial charge in [0, 0.05) is 35.8 Å². The highest BCUT2D eigenvalue weighted by atomic mass is 19.1. The molecular weight excluding hydrogens is 535 g/mol. The number of halogens is 1. The molecule has 0 spiro atoms. The highest BCUT2D eigenvalue weighted by Gasteiger charge is 2.19. The van der Waals surface area contributed by atoms with Crippen molar-refractivity contribution < 1.29 is 14.3 Å². The lowest BCUT2D eigenvalue weighted by Crippen LogP contribution is -2.30. The Hall–Kier alpha value is -5.16. The fourth-order valence-electron chi connectivity index (χ4n) is 5.59. The first-order valence-electron chi connectivity index (χ1n) is 13.8. The Kier molecular flexibility index (Phi) is 6.55. The number of anilines is 1. The number of piperidine rings is 1. The molecular formula is C31H27FN8O2. The summed E-state index contributed by atoms with van der Waals surface area (Å²) in [6.07, 6.45) is 7.48. The van der Waals surface area contributed by atoms with Crippen molar-refractivity contribution in [1.82, 2.24) is 35.5 Å². The van der Waals surface area contributed by atoms with Crippen LogP contribution in [-0.4, -0.2) is 54.2 Å². The first-order chi connectivity index (χ1) is 20.5.